The number of piperidine rings is 1. The lowest BCUT2D eigenvalue weighted by Gasteiger charge is -2.29. The van der Waals surface area contributed by atoms with Crippen LogP contribution in [0.4, 0.5) is 15.8 Å². The summed E-state index contributed by atoms with van der Waals surface area (Å²) in [5.74, 6) is -0.671. The standard InChI is InChI=1S/C19H17FIN3O3/c20-14-8-11(21)3-4-15(14)23-17-13-9-22-6-5-16(13)27-18(17)19(26)24-7-1-2-12(25)10-24/h3-6,8-9,12,23,25H,1-2,7,10H2/t12-/m1/s1. The Morgan fingerprint density at radius 1 is 1.41 bits per heavy atom. The van der Waals surface area contributed by atoms with E-state index >= 15 is 0 Å². The number of furan rings is 1. The number of benzene rings is 1. The molecule has 3 heterocycles. The molecule has 3 aromatic rings. The molecule has 8 heteroatoms. The van der Waals surface area contributed by atoms with Crippen LogP contribution in [0.2, 0.25) is 0 Å². The van der Waals surface area contributed by atoms with Gasteiger partial charge in [0.1, 0.15) is 17.1 Å². The minimum atomic E-state index is -0.543. The molecule has 0 unspecified atom stereocenters. The summed E-state index contributed by atoms with van der Waals surface area (Å²) in [5, 5.41) is 13.5. The van der Waals surface area contributed by atoms with Crippen LogP contribution < -0.4 is 5.32 Å². The van der Waals surface area contributed by atoms with Gasteiger partial charge in [0.15, 0.2) is 0 Å². The van der Waals surface area contributed by atoms with E-state index in [1.165, 1.54) is 6.07 Å². The average molecular weight is 481 g/mol. The molecular formula is C19H17FIN3O3. The van der Waals surface area contributed by atoms with Gasteiger partial charge in [0, 0.05) is 29.1 Å². The van der Waals surface area contributed by atoms with Gasteiger partial charge in [0.2, 0.25) is 5.76 Å². The van der Waals surface area contributed by atoms with Gasteiger partial charge in [0.25, 0.3) is 5.91 Å². The third-order valence-electron chi connectivity index (χ3n) is 4.56. The Hall–Kier alpha value is -2.20. The highest BCUT2D eigenvalue weighted by Crippen LogP contribution is 2.35. The fourth-order valence-corrected chi connectivity index (χ4v) is 3.68. The summed E-state index contributed by atoms with van der Waals surface area (Å²) in [7, 11) is 0. The SMILES string of the molecule is O=C(c1oc2ccncc2c1Nc1ccc(I)cc1F)N1CCC[C@@H](O)C1. The van der Waals surface area contributed by atoms with Gasteiger partial charge >= 0.3 is 0 Å². The summed E-state index contributed by atoms with van der Waals surface area (Å²) < 4.78 is 20.9. The first-order chi connectivity index (χ1) is 13.0. The summed E-state index contributed by atoms with van der Waals surface area (Å²) in [4.78, 5) is 18.7. The number of pyridine rings is 1. The van der Waals surface area contributed by atoms with Gasteiger partial charge in [0.05, 0.1) is 17.2 Å². The van der Waals surface area contributed by atoms with Gasteiger partial charge in [-0.15, -0.1) is 0 Å². The van der Waals surface area contributed by atoms with Crippen LogP contribution in [0.1, 0.15) is 23.4 Å². The second-order valence-electron chi connectivity index (χ2n) is 6.47. The minimum Gasteiger partial charge on any atom is -0.448 e. The second kappa shape index (κ2) is 7.43. The van der Waals surface area contributed by atoms with Crippen LogP contribution >= 0.6 is 22.6 Å². The zero-order valence-electron chi connectivity index (χ0n) is 14.3. The Kier molecular flexibility index (Phi) is 5.00. The Morgan fingerprint density at radius 2 is 2.26 bits per heavy atom. The number of anilines is 2. The van der Waals surface area contributed by atoms with Crippen molar-refractivity contribution >= 4 is 50.8 Å². The molecule has 6 nitrogen and oxygen atoms in total. The van der Waals surface area contributed by atoms with Crippen molar-refractivity contribution in [2.24, 2.45) is 0 Å². The first-order valence-electron chi connectivity index (χ1n) is 8.59. The number of nitrogens with one attached hydrogen (secondary N) is 1. The van der Waals surface area contributed by atoms with E-state index in [0.717, 1.165) is 9.99 Å². The number of carbonyl (C=O) groups excluding carboxylic acids is 1. The van der Waals surface area contributed by atoms with Crippen LogP contribution in [0.5, 0.6) is 0 Å². The smallest absolute Gasteiger partial charge is 0.291 e. The van der Waals surface area contributed by atoms with Crippen molar-refractivity contribution in [2.45, 2.75) is 18.9 Å². The van der Waals surface area contributed by atoms with Crippen LogP contribution in [-0.4, -0.2) is 40.1 Å². The van der Waals surface area contributed by atoms with Crippen molar-refractivity contribution in [1.82, 2.24) is 9.88 Å². The van der Waals surface area contributed by atoms with Gasteiger partial charge < -0.3 is 19.7 Å². The molecule has 1 aliphatic rings. The van der Waals surface area contributed by atoms with E-state index in [2.05, 4.69) is 10.3 Å². The number of amides is 1. The van der Waals surface area contributed by atoms with Crippen molar-refractivity contribution in [3.8, 4) is 0 Å². The van der Waals surface area contributed by atoms with E-state index in [1.807, 2.05) is 22.6 Å². The molecule has 2 N–H and O–H groups in total. The molecule has 0 aliphatic carbocycles. The molecule has 1 saturated heterocycles. The Balaban J connectivity index is 1.76. The monoisotopic (exact) mass is 481 g/mol. The zero-order valence-corrected chi connectivity index (χ0v) is 16.4. The lowest BCUT2D eigenvalue weighted by Crippen LogP contribution is -2.42. The van der Waals surface area contributed by atoms with Gasteiger partial charge in [-0.1, -0.05) is 0 Å². The van der Waals surface area contributed by atoms with E-state index in [-0.39, 0.29) is 23.9 Å². The van der Waals surface area contributed by atoms with Crippen LogP contribution in [0, 0.1) is 9.39 Å². The lowest BCUT2D eigenvalue weighted by atomic mass is 10.1. The zero-order chi connectivity index (χ0) is 19.0. The molecule has 1 aromatic carbocycles. The van der Waals surface area contributed by atoms with E-state index in [4.69, 9.17) is 4.42 Å². The second-order valence-corrected chi connectivity index (χ2v) is 7.72. The molecule has 4 rings (SSSR count). The number of β-amino-alcohol motifs (C(OH)–C–C–N with tert-alkyl or cyclic N) is 1. The Morgan fingerprint density at radius 3 is 3.04 bits per heavy atom. The van der Waals surface area contributed by atoms with E-state index in [1.54, 1.807) is 35.5 Å². The maximum absolute atomic E-state index is 14.3. The van der Waals surface area contributed by atoms with Gasteiger partial charge in [-0.05, 0) is 59.7 Å². The number of hydrogen-bond acceptors (Lipinski definition) is 5. The highest BCUT2D eigenvalue weighted by atomic mass is 127. The minimum absolute atomic E-state index is 0.0880. The van der Waals surface area contributed by atoms with Gasteiger partial charge in [-0.25, -0.2) is 4.39 Å². The van der Waals surface area contributed by atoms with Crippen molar-refractivity contribution in [3.63, 3.8) is 0 Å². The summed E-state index contributed by atoms with van der Waals surface area (Å²) in [5.41, 5.74) is 1.11. The van der Waals surface area contributed by atoms with Gasteiger partial charge in [-0.3, -0.25) is 9.78 Å². The quantitative estimate of drug-likeness (QED) is 0.555. The molecule has 1 fully saturated rings. The number of aliphatic hydroxyl groups excluding tert-OH is 1. The summed E-state index contributed by atoms with van der Waals surface area (Å²) in [6.07, 6.45) is 4.00. The molecule has 0 bridgehead atoms. The van der Waals surface area contributed by atoms with Gasteiger partial charge in [-0.2, -0.15) is 0 Å². The Labute approximate surface area is 168 Å². The number of rotatable bonds is 3. The van der Waals surface area contributed by atoms with Crippen molar-refractivity contribution in [1.29, 1.82) is 0 Å². The number of likely N-dealkylation sites (tertiary alicyclic amines) is 1. The molecule has 2 aromatic heterocycles. The predicted molar refractivity (Wildman–Crippen MR) is 108 cm³/mol. The number of halogens is 2. The van der Waals surface area contributed by atoms with Crippen molar-refractivity contribution < 1.29 is 18.7 Å². The molecule has 1 amide bonds. The lowest BCUT2D eigenvalue weighted by molar-refractivity contribution is 0.0451. The first-order valence-corrected chi connectivity index (χ1v) is 9.66. The summed E-state index contributed by atoms with van der Waals surface area (Å²) in [6.45, 7) is 0.800. The molecule has 27 heavy (non-hydrogen) atoms. The van der Waals surface area contributed by atoms with Crippen LogP contribution in [-0.2, 0) is 0 Å². The summed E-state index contributed by atoms with van der Waals surface area (Å²) in [6, 6.07) is 6.46. The average Bonchev–Trinajstić information content (AvgIpc) is 3.02. The molecule has 140 valence electrons. The number of fused-ring (bicyclic) bond motifs is 1. The largest absolute Gasteiger partial charge is 0.448 e. The number of aliphatic hydroxyl groups is 1. The number of hydrogen-bond donors (Lipinski definition) is 2. The maximum atomic E-state index is 14.3. The predicted octanol–water partition coefficient (Wildman–Crippen LogP) is 3.91. The van der Waals surface area contributed by atoms with E-state index in [0.29, 0.717) is 29.6 Å². The fraction of sp³-hybridized carbons (Fsp3) is 0.263. The van der Waals surface area contributed by atoms with Crippen LogP contribution in [0.3, 0.4) is 0 Å². The molecule has 0 radical (unpaired) electrons. The topological polar surface area (TPSA) is 78.6 Å². The highest BCUT2D eigenvalue weighted by molar-refractivity contribution is 14.1. The van der Waals surface area contributed by atoms with Crippen molar-refractivity contribution in [2.75, 3.05) is 18.4 Å². The number of aromatic nitrogens is 1. The van der Waals surface area contributed by atoms with E-state index < -0.39 is 11.9 Å². The third-order valence-corrected chi connectivity index (χ3v) is 5.23. The van der Waals surface area contributed by atoms with Crippen molar-refractivity contribution in [3.05, 3.63) is 51.8 Å². The first kappa shape index (κ1) is 18.2. The normalized spacial score (nSPS) is 17.3. The molecule has 0 saturated carbocycles. The van der Waals surface area contributed by atoms with E-state index in [9.17, 15) is 14.3 Å². The Bertz CT molecular complexity index is 1010. The third kappa shape index (κ3) is 3.63. The number of nitrogens with zero attached hydrogens (tertiary/aromatic N) is 2. The fourth-order valence-electron chi connectivity index (χ4n) is 3.22. The number of carbonyl (C=O) groups is 1. The molecule has 1 aliphatic heterocycles. The highest BCUT2D eigenvalue weighted by Gasteiger charge is 2.29. The van der Waals surface area contributed by atoms with Crippen LogP contribution in [0.15, 0.2) is 41.1 Å². The summed E-state index contributed by atoms with van der Waals surface area (Å²) >= 11 is 2.03. The molecule has 1 atom stereocenters. The molecule has 0 spiro atoms. The van der Waals surface area contributed by atoms with Crippen LogP contribution in [0.25, 0.3) is 11.0 Å². The maximum Gasteiger partial charge on any atom is 0.291 e. The molecular weight excluding hydrogens is 464 g/mol.